The number of urea groups is 1. The molecule has 4 bridgehead atoms. The number of hydrogen-bond acceptors (Lipinski definition) is 3. The summed E-state index contributed by atoms with van der Waals surface area (Å²) in [6.07, 6.45) is 7.24. The summed E-state index contributed by atoms with van der Waals surface area (Å²) in [5.74, 6) is 2.48. The average molecular weight is 383 g/mol. The summed E-state index contributed by atoms with van der Waals surface area (Å²) in [5, 5.41) is 10.9. The summed E-state index contributed by atoms with van der Waals surface area (Å²) < 4.78 is 5.47. The Balaban J connectivity index is 1.35. The number of amides is 2. The molecule has 5 heteroatoms. The number of methoxy groups -OCH3 is 1. The van der Waals surface area contributed by atoms with E-state index in [1.807, 2.05) is 12.1 Å². The molecule has 1 aromatic rings. The van der Waals surface area contributed by atoms with Gasteiger partial charge in [-0.3, -0.25) is 0 Å². The summed E-state index contributed by atoms with van der Waals surface area (Å²) in [4.78, 5) is 17.9. The van der Waals surface area contributed by atoms with Crippen molar-refractivity contribution in [2.45, 2.75) is 62.1 Å². The minimum atomic E-state index is -0.448. The fourth-order valence-corrected chi connectivity index (χ4v) is 7.83. The highest BCUT2D eigenvalue weighted by molar-refractivity contribution is 5.80. The third-order valence-corrected chi connectivity index (χ3v) is 8.56. The lowest BCUT2D eigenvalue weighted by molar-refractivity contribution is -0.152. The summed E-state index contributed by atoms with van der Waals surface area (Å²) >= 11 is 0. The minimum Gasteiger partial charge on any atom is -0.497 e. The van der Waals surface area contributed by atoms with Gasteiger partial charge in [0.15, 0.2) is 0 Å². The Morgan fingerprint density at radius 1 is 1.18 bits per heavy atom. The van der Waals surface area contributed by atoms with Crippen LogP contribution >= 0.6 is 0 Å². The Labute approximate surface area is 166 Å². The predicted molar refractivity (Wildman–Crippen MR) is 105 cm³/mol. The van der Waals surface area contributed by atoms with Gasteiger partial charge >= 0.3 is 6.03 Å². The lowest BCUT2D eigenvalue weighted by atomic mass is 9.52. The standard InChI is InChI=1S/C23H30N2O3/c1-28-19-5-2-4-18(10-19)23-6-3-7-25(23)21(26)24(14-23)20-16-8-15-9-17(20)13-22(27,11-15)12-16/h2,4-5,10,15-17,20,27H,3,6-9,11-14H2,1H3. The van der Waals surface area contributed by atoms with E-state index in [4.69, 9.17) is 4.74 Å². The van der Waals surface area contributed by atoms with Crippen LogP contribution in [0.3, 0.4) is 0 Å². The molecule has 3 unspecified atom stereocenters. The number of hydrogen-bond donors (Lipinski definition) is 1. The molecule has 6 fully saturated rings. The van der Waals surface area contributed by atoms with Crippen LogP contribution in [0.15, 0.2) is 24.3 Å². The minimum absolute atomic E-state index is 0.211. The van der Waals surface area contributed by atoms with Gasteiger partial charge in [-0.25, -0.2) is 4.79 Å². The Kier molecular flexibility index (Phi) is 3.46. The second-order valence-electron chi connectivity index (χ2n) is 10.1. The third kappa shape index (κ3) is 2.20. The first kappa shape index (κ1) is 17.1. The monoisotopic (exact) mass is 382 g/mol. The van der Waals surface area contributed by atoms with Crippen LogP contribution in [0.4, 0.5) is 4.79 Å². The lowest BCUT2D eigenvalue weighted by Crippen LogP contribution is -2.62. The molecule has 4 saturated carbocycles. The largest absolute Gasteiger partial charge is 0.497 e. The van der Waals surface area contributed by atoms with Gasteiger partial charge in [-0.1, -0.05) is 12.1 Å². The predicted octanol–water partition coefficient (Wildman–Crippen LogP) is 3.36. The molecule has 2 heterocycles. The highest BCUT2D eigenvalue weighted by atomic mass is 16.5. The van der Waals surface area contributed by atoms with Crippen LogP contribution in [0, 0.1) is 17.8 Å². The first-order valence-corrected chi connectivity index (χ1v) is 11.0. The maximum absolute atomic E-state index is 13.6. The highest BCUT2D eigenvalue weighted by Crippen LogP contribution is 2.58. The van der Waals surface area contributed by atoms with Gasteiger partial charge in [0, 0.05) is 12.6 Å². The normalized spacial score (nSPS) is 43.7. The number of carbonyl (C=O) groups is 1. The van der Waals surface area contributed by atoms with Gasteiger partial charge < -0.3 is 19.6 Å². The Morgan fingerprint density at radius 2 is 1.96 bits per heavy atom. The molecule has 150 valence electrons. The molecule has 6 aliphatic rings. The molecule has 3 atom stereocenters. The van der Waals surface area contributed by atoms with Crippen molar-refractivity contribution in [1.82, 2.24) is 9.80 Å². The molecule has 2 aliphatic heterocycles. The molecule has 5 nitrogen and oxygen atoms in total. The van der Waals surface area contributed by atoms with Crippen LogP contribution in [-0.2, 0) is 5.54 Å². The van der Waals surface area contributed by atoms with Crippen molar-refractivity contribution in [3.05, 3.63) is 29.8 Å². The Bertz CT molecular complexity index is 810. The number of aliphatic hydroxyl groups is 1. The second kappa shape index (κ2) is 5.65. The number of fused-ring (bicyclic) bond motifs is 1. The van der Waals surface area contributed by atoms with E-state index in [0.717, 1.165) is 50.9 Å². The maximum atomic E-state index is 13.6. The molecule has 0 aromatic heterocycles. The average Bonchev–Trinajstić information content (AvgIpc) is 3.20. The van der Waals surface area contributed by atoms with Gasteiger partial charge in [0.2, 0.25) is 0 Å². The molecular formula is C23H30N2O3. The van der Waals surface area contributed by atoms with Crippen molar-refractivity contribution in [2.75, 3.05) is 20.2 Å². The number of carbonyl (C=O) groups excluding carboxylic acids is 1. The van der Waals surface area contributed by atoms with E-state index in [-0.39, 0.29) is 11.6 Å². The zero-order valence-corrected chi connectivity index (χ0v) is 16.6. The molecular weight excluding hydrogens is 352 g/mol. The Morgan fingerprint density at radius 3 is 2.68 bits per heavy atom. The molecule has 2 saturated heterocycles. The molecule has 2 amide bonds. The molecule has 1 N–H and O–H groups in total. The fourth-order valence-electron chi connectivity index (χ4n) is 7.83. The van der Waals surface area contributed by atoms with E-state index in [9.17, 15) is 9.90 Å². The van der Waals surface area contributed by atoms with Gasteiger partial charge in [-0.05, 0) is 80.4 Å². The van der Waals surface area contributed by atoms with Crippen molar-refractivity contribution >= 4 is 6.03 Å². The molecule has 0 spiro atoms. The third-order valence-electron chi connectivity index (χ3n) is 8.56. The van der Waals surface area contributed by atoms with Gasteiger partial charge in [0.05, 0.1) is 24.8 Å². The van der Waals surface area contributed by atoms with Crippen molar-refractivity contribution in [3.63, 3.8) is 0 Å². The number of nitrogens with zero attached hydrogens (tertiary/aromatic N) is 2. The molecule has 1 aromatic carbocycles. The maximum Gasteiger partial charge on any atom is 0.321 e. The summed E-state index contributed by atoms with van der Waals surface area (Å²) in [6.45, 7) is 1.64. The van der Waals surface area contributed by atoms with Crippen molar-refractivity contribution in [3.8, 4) is 5.75 Å². The first-order chi connectivity index (χ1) is 13.5. The van der Waals surface area contributed by atoms with Crippen LogP contribution in [0.25, 0.3) is 0 Å². The lowest BCUT2D eigenvalue weighted by Gasteiger charge is -2.59. The van der Waals surface area contributed by atoms with Crippen molar-refractivity contribution < 1.29 is 14.6 Å². The molecule has 4 aliphatic carbocycles. The summed E-state index contributed by atoms with van der Waals surface area (Å²) in [7, 11) is 1.70. The number of benzene rings is 1. The topological polar surface area (TPSA) is 53.0 Å². The van der Waals surface area contributed by atoms with E-state index in [1.54, 1.807) is 7.11 Å². The SMILES string of the molecule is COc1cccc(C23CCCN2C(=O)N(C2C4CC5CC2CC(O)(C5)C4)C3)c1. The van der Waals surface area contributed by atoms with Crippen molar-refractivity contribution in [2.24, 2.45) is 17.8 Å². The van der Waals surface area contributed by atoms with E-state index in [1.165, 1.54) is 18.4 Å². The molecule has 7 rings (SSSR count). The van der Waals surface area contributed by atoms with Crippen molar-refractivity contribution in [1.29, 1.82) is 0 Å². The first-order valence-electron chi connectivity index (χ1n) is 11.0. The van der Waals surface area contributed by atoms with E-state index >= 15 is 0 Å². The van der Waals surface area contributed by atoms with Gasteiger partial charge in [-0.15, -0.1) is 0 Å². The number of ether oxygens (including phenoxy) is 1. The smallest absolute Gasteiger partial charge is 0.321 e. The summed E-state index contributed by atoms with van der Waals surface area (Å²) in [5.41, 5.74) is 0.552. The van der Waals surface area contributed by atoms with Crippen LogP contribution < -0.4 is 4.74 Å². The van der Waals surface area contributed by atoms with E-state index in [0.29, 0.717) is 23.8 Å². The highest BCUT2D eigenvalue weighted by Gasteiger charge is 2.61. The van der Waals surface area contributed by atoms with Crippen LogP contribution in [0.2, 0.25) is 0 Å². The van der Waals surface area contributed by atoms with Crippen LogP contribution in [0.1, 0.15) is 50.5 Å². The fraction of sp³-hybridized carbons (Fsp3) is 0.696. The Hall–Kier alpha value is -1.75. The van der Waals surface area contributed by atoms with Crippen LogP contribution in [0.5, 0.6) is 5.75 Å². The van der Waals surface area contributed by atoms with Gasteiger partial charge in [0.25, 0.3) is 0 Å². The van der Waals surface area contributed by atoms with E-state index in [2.05, 4.69) is 21.9 Å². The second-order valence-corrected chi connectivity index (χ2v) is 10.1. The number of rotatable bonds is 3. The zero-order valence-electron chi connectivity index (χ0n) is 16.6. The van der Waals surface area contributed by atoms with Gasteiger partial charge in [-0.2, -0.15) is 0 Å². The summed E-state index contributed by atoms with van der Waals surface area (Å²) in [6, 6.07) is 8.85. The van der Waals surface area contributed by atoms with E-state index < -0.39 is 5.60 Å². The van der Waals surface area contributed by atoms with Gasteiger partial charge in [0.1, 0.15) is 5.75 Å². The van der Waals surface area contributed by atoms with Crippen LogP contribution in [-0.4, -0.2) is 52.8 Å². The molecule has 28 heavy (non-hydrogen) atoms. The molecule has 0 radical (unpaired) electrons. The quantitative estimate of drug-likeness (QED) is 0.872. The zero-order chi connectivity index (χ0) is 19.1.